The van der Waals surface area contributed by atoms with Crippen LogP contribution in [0.3, 0.4) is 0 Å². The van der Waals surface area contributed by atoms with Gasteiger partial charge in [-0.25, -0.2) is 9.07 Å². The molecule has 0 fully saturated rings. The number of hydrogen-bond donors (Lipinski definition) is 0. The molecule has 1 heterocycles. The fraction of sp³-hybridized carbons (Fsp3) is 0. The van der Waals surface area contributed by atoms with E-state index in [0.29, 0.717) is 0 Å². The minimum absolute atomic E-state index is 0.0964. The summed E-state index contributed by atoms with van der Waals surface area (Å²) in [6.45, 7) is 0. The van der Waals surface area contributed by atoms with Crippen molar-refractivity contribution in [3.8, 4) is 11.4 Å². The molecule has 0 bridgehead atoms. The maximum absolute atomic E-state index is 13.6. The van der Waals surface area contributed by atoms with Crippen LogP contribution in [0.4, 0.5) is 4.39 Å². The highest BCUT2D eigenvalue weighted by Crippen LogP contribution is 2.21. The van der Waals surface area contributed by atoms with E-state index in [4.69, 9.17) is 4.18 Å². The van der Waals surface area contributed by atoms with E-state index in [1.807, 2.05) is 0 Å². The zero-order chi connectivity index (χ0) is 15.6. The molecular weight excluding hydrogens is 307 g/mol. The number of aromatic nitrogens is 2. The predicted molar refractivity (Wildman–Crippen MR) is 77.8 cm³/mol. The molecule has 2 aromatic carbocycles. The Morgan fingerprint density at radius 3 is 2.36 bits per heavy atom. The first kappa shape index (κ1) is 14.3. The molecule has 0 aliphatic carbocycles. The van der Waals surface area contributed by atoms with E-state index in [-0.39, 0.29) is 5.75 Å². The van der Waals surface area contributed by atoms with Crippen LogP contribution in [0.2, 0.25) is 0 Å². The molecule has 7 heteroatoms. The van der Waals surface area contributed by atoms with Crippen molar-refractivity contribution in [1.82, 2.24) is 9.78 Å². The third-order valence-electron chi connectivity index (χ3n) is 2.92. The molecule has 5 nitrogen and oxygen atoms in total. The Morgan fingerprint density at radius 2 is 1.73 bits per heavy atom. The van der Waals surface area contributed by atoms with E-state index in [1.165, 1.54) is 24.3 Å². The fourth-order valence-electron chi connectivity index (χ4n) is 1.90. The largest absolute Gasteiger partial charge is 0.379 e. The van der Waals surface area contributed by atoms with Gasteiger partial charge in [-0.2, -0.15) is 13.5 Å². The van der Waals surface area contributed by atoms with E-state index in [9.17, 15) is 12.8 Å². The average Bonchev–Trinajstić information content (AvgIpc) is 3.02. The molecule has 3 rings (SSSR count). The summed E-state index contributed by atoms with van der Waals surface area (Å²) in [5.41, 5.74) is 0.751. The quantitative estimate of drug-likeness (QED) is 0.694. The lowest BCUT2D eigenvalue weighted by Gasteiger charge is -2.08. The van der Waals surface area contributed by atoms with Gasteiger partial charge in [0.05, 0.1) is 5.69 Å². The van der Waals surface area contributed by atoms with Crippen molar-refractivity contribution >= 4 is 10.1 Å². The van der Waals surface area contributed by atoms with E-state index in [1.54, 1.807) is 35.3 Å². The molecule has 0 radical (unpaired) electrons. The van der Waals surface area contributed by atoms with E-state index < -0.39 is 20.8 Å². The van der Waals surface area contributed by atoms with Crippen LogP contribution < -0.4 is 4.18 Å². The number of halogens is 1. The summed E-state index contributed by atoms with van der Waals surface area (Å²) >= 11 is 0. The maximum Gasteiger partial charge on any atom is 0.342 e. The van der Waals surface area contributed by atoms with Gasteiger partial charge in [-0.05, 0) is 42.5 Å². The van der Waals surface area contributed by atoms with E-state index >= 15 is 0 Å². The highest BCUT2D eigenvalue weighted by Gasteiger charge is 2.20. The molecule has 0 spiro atoms. The lowest BCUT2D eigenvalue weighted by atomic mass is 10.3. The van der Waals surface area contributed by atoms with Crippen LogP contribution in [0.5, 0.6) is 5.75 Å². The number of nitrogens with zero attached hydrogens (tertiary/aromatic N) is 2. The Labute approximate surface area is 126 Å². The topological polar surface area (TPSA) is 61.2 Å². The number of hydrogen-bond acceptors (Lipinski definition) is 4. The van der Waals surface area contributed by atoms with Crippen LogP contribution in [-0.2, 0) is 10.1 Å². The Kier molecular flexibility index (Phi) is 3.64. The molecule has 0 saturated heterocycles. The second-order valence-corrected chi connectivity index (χ2v) is 5.93. The van der Waals surface area contributed by atoms with Gasteiger partial charge in [0.2, 0.25) is 0 Å². The Bertz CT molecular complexity index is 875. The first-order chi connectivity index (χ1) is 10.6. The normalized spacial score (nSPS) is 11.3. The van der Waals surface area contributed by atoms with Crippen LogP contribution in [0, 0.1) is 5.82 Å². The van der Waals surface area contributed by atoms with E-state index in [0.717, 1.165) is 17.8 Å². The van der Waals surface area contributed by atoms with E-state index in [2.05, 4.69) is 5.10 Å². The van der Waals surface area contributed by atoms with Crippen LogP contribution in [0.1, 0.15) is 0 Å². The fourth-order valence-corrected chi connectivity index (χ4v) is 2.90. The zero-order valence-corrected chi connectivity index (χ0v) is 12.1. The molecule has 112 valence electrons. The Balaban J connectivity index is 1.86. The van der Waals surface area contributed by atoms with Gasteiger partial charge in [0.15, 0.2) is 0 Å². The van der Waals surface area contributed by atoms with Gasteiger partial charge >= 0.3 is 10.1 Å². The molecule has 3 aromatic rings. The molecule has 0 aliphatic rings. The second kappa shape index (κ2) is 5.61. The first-order valence-corrected chi connectivity index (χ1v) is 7.76. The number of rotatable bonds is 4. The summed E-state index contributed by atoms with van der Waals surface area (Å²) in [5, 5.41) is 4.06. The van der Waals surface area contributed by atoms with Crippen LogP contribution >= 0.6 is 0 Å². The Hall–Kier alpha value is -2.67. The summed E-state index contributed by atoms with van der Waals surface area (Å²) in [4.78, 5) is -0.494. The average molecular weight is 318 g/mol. The number of benzene rings is 2. The lowest BCUT2D eigenvalue weighted by molar-refractivity contribution is 0.476. The summed E-state index contributed by atoms with van der Waals surface area (Å²) in [7, 11) is -4.21. The second-order valence-electron chi connectivity index (χ2n) is 4.41. The summed E-state index contributed by atoms with van der Waals surface area (Å²) < 4.78 is 44.2. The highest BCUT2D eigenvalue weighted by molar-refractivity contribution is 7.87. The minimum atomic E-state index is -4.21. The van der Waals surface area contributed by atoms with Crippen molar-refractivity contribution < 1.29 is 17.0 Å². The molecule has 1 aromatic heterocycles. The van der Waals surface area contributed by atoms with Gasteiger partial charge in [0.25, 0.3) is 0 Å². The lowest BCUT2D eigenvalue weighted by Crippen LogP contribution is -2.11. The van der Waals surface area contributed by atoms with Crippen molar-refractivity contribution in [1.29, 1.82) is 0 Å². The predicted octanol–water partition coefficient (Wildman–Crippen LogP) is 2.78. The third-order valence-corrected chi connectivity index (χ3v) is 4.20. The molecule has 0 amide bonds. The van der Waals surface area contributed by atoms with Gasteiger partial charge in [-0.1, -0.05) is 12.1 Å². The smallest absolute Gasteiger partial charge is 0.342 e. The van der Waals surface area contributed by atoms with Crippen molar-refractivity contribution in [2.75, 3.05) is 0 Å². The first-order valence-electron chi connectivity index (χ1n) is 6.35. The van der Waals surface area contributed by atoms with Gasteiger partial charge < -0.3 is 4.18 Å². The monoisotopic (exact) mass is 318 g/mol. The van der Waals surface area contributed by atoms with Crippen LogP contribution in [-0.4, -0.2) is 18.2 Å². The summed E-state index contributed by atoms with van der Waals surface area (Å²) in [6, 6.07) is 13.1. The van der Waals surface area contributed by atoms with Crippen molar-refractivity contribution in [2.24, 2.45) is 0 Å². The Morgan fingerprint density at radius 1 is 1.00 bits per heavy atom. The molecule has 0 aliphatic heterocycles. The van der Waals surface area contributed by atoms with Crippen molar-refractivity contribution in [3.63, 3.8) is 0 Å². The third kappa shape index (κ3) is 2.84. The van der Waals surface area contributed by atoms with Gasteiger partial charge in [0.1, 0.15) is 16.5 Å². The molecule has 0 atom stereocenters. The standard InChI is InChI=1S/C15H11FN2O3S/c16-14-4-1-2-5-15(14)22(19,20)21-13-8-6-12(7-9-13)18-11-3-10-17-18/h1-11H. The van der Waals surface area contributed by atoms with Gasteiger partial charge in [-0.15, -0.1) is 0 Å². The van der Waals surface area contributed by atoms with Crippen molar-refractivity contribution in [3.05, 3.63) is 72.8 Å². The van der Waals surface area contributed by atoms with Gasteiger partial charge in [0, 0.05) is 12.4 Å². The molecule has 0 unspecified atom stereocenters. The maximum atomic E-state index is 13.6. The van der Waals surface area contributed by atoms with Crippen LogP contribution in [0.25, 0.3) is 5.69 Å². The summed E-state index contributed by atoms with van der Waals surface area (Å²) in [5.74, 6) is -0.755. The minimum Gasteiger partial charge on any atom is -0.379 e. The highest BCUT2D eigenvalue weighted by atomic mass is 32.2. The zero-order valence-electron chi connectivity index (χ0n) is 11.3. The molecule has 0 N–H and O–H groups in total. The van der Waals surface area contributed by atoms with Crippen molar-refractivity contribution in [2.45, 2.75) is 4.90 Å². The summed E-state index contributed by atoms with van der Waals surface area (Å²) in [6.07, 6.45) is 3.39. The van der Waals surface area contributed by atoms with Gasteiger partial charge in [-0.3, -0.25) is 0 Å². The SMILES string of the molecule is O=S(=O)(Oc1ccc(-n2cccn2)cc1)c1ccccc1F. The van der Waals surface area contributed by atoms with Crippen LogP contribution in [0.15, 0.2) is 71.9 Å². The molecule has 0 saturated carbocycles. The molecular formula is C15H11FN2O3S. The molecule has 22 heavy (non-hydrogen) atoms.